The minimum absolute atomic E-state index is 0.217. The Bertz CT molecular complexity index is 1240. The van der Waals surface area contributed by atoms with Crippen LogP contribution in [0.3, 0.4) is 0 Å². The van der Waals surface area contributed by atoms with Crippen LogP contribution in [0.1, 0.15) is 40.4 Å². The second-order valence-corrected chi connectivity index (χ2v) is 8.20. The summed E-state index contributed by atoms with van der Waals surface area (Å²) in [5, 5.41) is 15.2. The first kappa shape index (κ1) is 22.2. The van der Waals surface area contributed by atoms with E-state index in [1.807, 2.05) is 69.2 Å². The highest BCUT2D eigenvalue weighted by Gasteiger charge is 2.17. The van der Waals surface area contributed by atoms with Gasteiger partial charge in [-0.3, -0.25) is 14.8 Å². The Hall–Kier alpha value is -3.98. The van der Waals surface area contributed by atoms with Gasteiger partial charge in [-0.25, -0.2) is 0 Å². The molecule has 33 heavy (non-hydrogen) atoms. The molecule has 0 aliphatic carbocycles. The molecule has 4 aromatic rings. The van der Waals surface area contributed by atoms with E-state index in [2.05, 4.69) is 30.8 Å². The van der Waals surface area contributed by atoms with Crippen molar-refractivity contribution < 1.29 is 4.79 Å². The van der Waals surface area contributed by atoms with Gasteiger partial charge in [-0.1, -0.05) is 29.8 Å². The number of nitrogens with zero attached hydrogens (tertiary/aromatic N) is 7. The standard InChI is InChI=1S/C24H26N8O/c1-16-5-7-18(8-6-16)19-11-20(24(33)27-17(2)22-14-25-9-10-26-22)13-21(12-19)32-23(15-31(3)4)28-29-30-32/h5-14,17H,15H2,1-4H3,(H,27,33). The molecule has 0 saturated carbocycles. The van der Waals surface area contributed by atoms with Crippen LogP contribution in [0.4, 0.5) is 0 Å². The van der Waals surface area contributed by atoms with Crippen molar-refractivity contribution in [2.75, 3.05) is 14.1 Å². The zero-order valence-electron chi connectivity index (χ0n) is 19.1. The van der Waals surface area contributed by atoms with Crippen molar-refractivity contribution in [3.8, 4) is 16.8 Å². The Morgan fingerprint density at radius 3 is 2.58 bits per heavy atom. The van der Waals surface area contributed by atoms with Crippen molar-refractivity contribution in [2.24, 2.45) is 0 Å². The van der Waals surface area contributed by atoms with Crippen molar-refractivity contribution in [2.45, 2.75) is 26.4 Å². The summed E-state index contributed by atoms with van der Waals surface area (Å²) in [7, 11) is 3.91. The van der Waals surface area contributed by atoms with Crippen LogP contribution in [0.15, 0.2) is 61.1 Å². The third-order valence-corrected chi connectivity index (χ3v) is 5.18. The van der Waals surface area contributed by atoms with Gasteiger partial charge in [0.1, 0.15) is 0 Å². The topological polar surface area (TPSA) is 102 Å². The largest absolute Gasteiger partial charge is 0.344 e. The number of nitrogens with one attached hydrogen (secondary N) is 1. The van der Waals surface area contributed by atoms with Gasteiger partial charge < -0.3 is 10.2 Å². The number of aryl methyl sites for hydroxylation is 1. The lowest BCUT2D eigenvalue weighted by Crippen LogP contribution is -2.27. The zero-order valence-corrected chi connectivity index (χ0v) is 19.1. The van der Waals surface area contributed by atoms with Crippen LogP contribution in [0.25, 0.3) is 16.8 Å². The van der Waals surface area contributed by atoms with Crippen LogP contribution in [-0.2, 0) is 6.54 Å². The third kappa shape index (κ3) is 5.27. The molecule has 2 aromatic carbocycles. The number of benzene rings is 2. The van der Waals surface area contributed by atoms with Crippen LogP contribution < -0.4 is 5.32 Å². The highest BCUT2D eigenvalue weighted by Crippen LogP contribution is 2.25. The number of tetrazole rings is 1. The lowest BCUT2D eigenvalue weighted by Gasteiger charge is -2.15. The maximum absolute atomic E-state index is 13.2. The first-order chi connectivity index (χ1) is 15.9. The zero-order chi connectivity index (χ0) is 23.4. The summed E-state index contributed by atoms with van der Waals surface area (Å²) in [6, 6.07) is 13.5. The molecule has 2 aromatic heterocycles. The predicted molar refractivity (Wildman–Crippen MR) is 125 cm³/mol. The van der Waals surface area contributed by atoms with E-state index in [0.717, 1.165) is 11.1 Å². The summed E-state index contributed by atoms with van der Waals surface area (Å²) in [5.74, 6) is 0.464. The summed E-state index contributed by atoms with van der Waals surface area (Å²) < 4.78 is 1.67. The predicted octanol–water partition coefficient (Wildman–Crippen LogP) is 2.98. The minimum Gasteiger partial charge on any atom is -0.344 e. The van der Waals surface area contributed by atoms with Gasteiger partial charge in [-0.05, 0) is 67.7 Å². The summed E-state index contributed by atoms with van der Waals surface area (Å²) in [5.41, 5.74) is 4.98. The fraction of sp³-hybridized carbons (Fsp3) is 0.250. The van der Waals surface area contributed by atoms with Crippen LogP contribution in [-0.4, -0.2) is 55.1 Å². The summed E-state index contributed by atoms with van der Waals surface area (Å²) in [4.78, 5) is 23.6. The lowest BCUT2D eigenvalue weighted by atomic mass is 10.0. The summed E-state index contributed by atoms with van der Waals surface area (Å²) in [6.45, 7) is 4.48. The van der Waals surface area contributed by atoms with Gasteiger partial charge >= 0.3 is 0 Å². The van der Waals surface area contributed by atoms with Crippen molar-refractivity contribution in [1.29, 1.82) is 0 Å². The normalized spacial score (nSPS) is 12.0. The smallest absolute Gasteiger partial charge is 0.251 e. The Morgan fingerprint density at radius 2 is 1.88 bits per heavy atom. The van der Waals surface area contributed by atoms with Gasteiger partial charge in [0.2, 0.25) is 0 Å². The minimum atomic E-state index is -0.296. The lowest BCUT2D eigenvalue weighted by molar-refractivity contribution is 0.0939. The van der Waals surface area contributed by atoms with E-state index in [1.54, 1.807) is 29.3 Å². The van der Waals surface area contributed by atoms with Crippen LogP contribution in [0.5, 0.6) is 0 Å². The summed E-state index contributed by atoms with van der Waals surface area (Å²) >= 11 is 0. The number of hydrogen-bond donors (Lipinski definition) is 1. The second-order valence-electron chi connectivity index (χ2n) is 8.20. The molecule has 1 atom stereocenters. The van der Waals surface area contributed by atoms with E-state index >= 15 is 0 Å². The molecular formula is C24H26N8O. The molecule has 0 aliphatic rings. The van der Waals surface area contributed by atoms with Gasteiger partial charge in [0, 0.05) is 18.0 Å². The van der Waals surface area contributed by atoms with Gasteiger partial charge in [0.15, 0.2) is 5.82 Å². The molecule has 4 rings (SSSR count). The Kier molecular flexibility index (Phi) is 6.50. The van der Waals surface area contributed by atoms with E-state index in [1.165, 1.54) is 5.56 Å². The van der Waals surface area contributed by atoms with Crippen LogP contribution in [0.2, 0.25) is 0 Å². The van der Waals surface area contributed by atoms with E-state index in [0.29, 0.717) is 29.3 Å². The molecule has 0 radical (unpaired) electrons. The Balaban J connectivity index is 1.74. The van der Waals surface area contributed by atoms with E-state index in [4.69, 9.17) is 0 Å². The molecule has 0 saturated heterocycles. The monoisotopic (exact) mass is 442 g/mol. The molecule has 0 bridgehead atoms. The van der Waals surface area contributed by atoms with Gasteiger partial charge in [0.25, 0.3) is 5.91 Å². The highest BCUT2D eigenvalue weighted by atomic mass is 16.1. The maximum atomic E-state index is 13.2. The molecule has 0 spiro atoms. The molecule has 1 amide bonds. The van der Waals surface area contributed by atoms with Crippen molar-refractivity contribution in [1.82, 2.24) is 40.4 Å². The molecule has 9 nitrogen and oxygen atoms in total. The molecular weight excluding hydrogens is 416 g/mol. The quantitative estimate of drug-likeness (QED) is 0.469. The fourth-order valence-corrected chi connectivity index (χ4v) is 3.45. The van der Waals surface area contributed by atoms with Gasteiger partial charge in [0.05, 0.1) is 30.2 Å². The van der Waals surface area contributed by atoms with Crippen molar-refractivity contribution in [3.63, 3.8) is 0 Å². The third-order valence-electron chi connectivity index (χ3n) is 5.18. The average molecular weight is 443 g/mol. The van der Waals surface area contributed by atoms with Gasteiger partial charge in [-0.15, -0.1) is 5.10 Å². The number of carbonyl (C=O) groups is 1. The molecule has 0 aliphatic heterocycles. The molecule has 0 fully saturated rings. The number of amides is 1. The first-order valence-electron chi connectivity index (χ1n) is 10.6. The summed E-state index contributed by atoms with van der Waals surface area (Å²) in [6.07, 6.45) is 4.86. The van der Waals surface area contributed by atoms with Crippen LogP contribution in [0, 0.1) is 6.92 Å². The molecule has 1 unspecified atom stereocenters. The first-order valence-corrected chi connectivity index (χ1v) is 10.6. The SMILES string of the molecule is Cc1ccc(-c2cc(C(=O)NC(C)c3cnccn3)cc(-n3nnnc3CN(C)C)c2)cc1. The van der Waals surface area contributed by atoms with Crippen molar-refractivity contribution >= 4 is 5.91 Å². The maximum Gasteiger partial charge on any atom is 0.251 e. The van der Waals surface area contributed by atoms with E-state index < -0.39 is 0 Å². The van der Waals surface area contributed by atoms with Crippen LogP contribution >= 0.6 is 0 Å². The number of hydrogen-bond acceptors (Lipinski definition) is 7. The Morgan fingerprint density at radius 1 is 1.09 bits per heavy atom. The highest BCUT2D eigenvalue weighted by molar-refractivity contribution is 5.96. The Labute approximate surface area is 192 Å². The molecule has 2 heterocycles. The number of rotatable bonds is 7. The molecule has 168 valence electrons. The number of aromatic nitrogens is 6. The molecule has 9 heteroatoms. The van der Waals surface area contributed by atoms with Crippen molar-refractivity contribution in [3.05, 3.63) is 83.7 Å². The van der Waals surface area contributed by atoms with Gasteiger partial charge in [-0.2, -0.15) is 4.68 Å². The number of carbonyl (C=O) groups excluding carboxylic acids is 1. The fourth-order valence-electron chi connectivity index (χ4n) is 3.45. The van der Waals surface area contributed by atoms with E-state index in [9.17, 15) is 4.79 Å². The van der Waals surface area contributed by atoms with E-state index in [-0.39, 0.29) is 11.9 Å². The average Bonchev–Trinajstić information content (AvgIpc) is 3.27. The molecule has 1 N–H and O–H groups in total. The second kappa shape index (κ2) is 9.66.